The molecule has 46 heavy (non-hydrogen) atoms. The van der Waals surface area contributed by atoms with Crippen molar-refractivity contribution >= 4 is 34.8 Å². The van der Waals surface area contributed by atoms with Crippen LogP contribution < -0.4 is 10.2 Å². The molecule has 4 fully saturated rings. The van der Waals surface area contributed by atoms with Crippen LogP contribution in [0.2, 0.25) is 0 Å². The maximum absolute atomic E-state index is 14.4. The van der Waals surface area contributed by atoms with E-state index in [0.717, 1.165) is 0 Å². The van der Waals surface area contributed by atoms with Gasteiger partial charge in [0, 0.05) is 16.9 Å². The Morgan fingerprint density at radius 2 is 1.26 bits per heavy atom. The summed E-state index contributed by atoms with van der Waals surface area (Å²) in [4.78, 5) is 67.9. The van der Waals surface area contributed by atoms with E-state index in [1.54, 1.807) is 46.8 Å². The SMILES string of the molecule is Cc1cc(=O)c2ccc3c(c2o1)[C@@H](OC(=O)C12CCC(C)(C(=O)O1)C2(C)C)[C@@H](OC(=O)C12CCC(C)(C(=O)O1)C2(C)C)C(C)(C)O3. The van der Waals surface area contributed by atoms with Gasteiger partial charge in [0.1, 0.15) is 22.7 Å². The van der Waals surface area contributed by atoms with Gasteiger partial charge in [0.2, 0.25) is 11.2 Å². The predicted octanol–water partition coefficient (Wildman–Crippen LogP) is 5.01. The Balaban J connectivity index is 1.37. The summed E-state index contributed by atoms with van der Waals surface area (Å²) in [5, 5.41) is 0.217. The molecule has 0 N–H and O–H groups in total. The van der Waals surface area contributed by atoms with Crippen LogP contribution >= 0.6 is 0 Å². The quantitative estimate of drug-likeness (QED) is 0.330. The summed E-state index contributed by atoms with van der Waals surface area (Å²) >= 11 is 0. The van der Waals surface area contributed by atoms with Crippen molar-refractivity contribution in [2.45, 2.75) is 117 Å². The van der Waals surface area contributed by atoms with Gasteiger partial charge in [-0.15, -0.1) is 0 Å². The smallest absolute Gasteiger partial charge is 0.351 e. The molecule has 5 aliphatic rings. The lowest BCUT2D eigenvalue weighted by Gasteiger charge is -2.45. The van der Waals surface area contributed by atoms with Crippen LogP contribution in [0.3, 0.4) is 0 Å². The number of benzene rings is 1. The summed E-state index contributed by atoms with van der Waals surface area (Å²) in [5.74, 6) is -1.94. The summed E-state index contributed by atoms with van der Waals surface area (Å²) in [6.45, 7) is 15.9. The van der Waals surface area contributed by atoms with Gasteiger partial charge in [-0.2, -0.15) is 0 Å². The molecule has 246 valence electrons. The van der Waals surface area contributed by atoms with Crippen LogP contribution in [0, 0.1) is 28.6 Å². The van der Waals surface area contributed by atoms with Crippen molar-refractivity contribution < 1.29 is 47.3 Å². The van der Waals surface area contributed by atoms with E-state index in [1.807, 2.05) is 27.7 Å². The highest BCUT2D eigenvalue weighted by Gasteiger charge is 2.78. The van der Waals surface area contributed by atoms with Gasteiger partial charge >= 0.3 is 23.9 Å². The van der Waals surface area contributed by atoms with Crippen molar-refractivity contribution in [1.82, 2.24) is 0 Å². The molecular formula is C35H40O11. The molecule has 4 bridgehead atoms. The van der Waals surface area contributed by atoms with Crippen LogP contribution in [0.5, 0.6) is 5.75 Å². The van der Waals surface area contributed by atoms with Gasteiger partial charge < -0.3 is 28.1 Å². The Morgan fingerprint density at radius 3 is 1.74 bits per heavy atom. The third-order valence-corrected chi connectivity index (χ3v) is 12.9. The average Bonchev–Trinajstić information content (AvgIpc) is 3.42. The minimum Gasteiger partial charge on any atom is -0.483 e. The van der Waals surface area contributed by atoms with E-state index >= 15 is 0 Å². The van der Waals surface area contributed by atoms with Gasteiger partial charge in [-0.05, 0) is 72.4 Å². The second-order valence-electron chi connectivity index (χ2n) is 15.8. The van der Waals surface area contributed by atoms with E-state index in [9.17, 15) is 24.0 Å². The minimum atomic E-state index is -1.59. The lowest BCUT2D eigenvalue weighted by Crippen LogP contribution is -2.57. The maximum atomic E-state index is 14.4. The van der Waals surface area contributed by atoms with Crippen LogP contribution in [0.4, 0.5) is 0 Å². The highest BCUT2D eigenvalue weighted by Crippen LogP contribution is 2.67. The molecule has 2 saturated carbocycles. The third-order valence-electron chi connectivity index (χ3n) is 12.9. The van der Waals surface area contributed by atoms with E-state index < -0.39 is 74.5 Å². The molecule has 3 aliphatic heterocycles. The van der Waals surface area contributed by atoms with Crippen molar-refractivity contribution in [3.05, 3.63) is 39.7 Å². The van der Waals surface area contributed by atoms with Gasteiger partial charge in [-0.1, -0.05) is 27.7 Å². The first-order chi connectivity index (χ1) is 21.2. The number of carbonyl (C=O) groups excluding carboxylic acids is 4. The molecule has 0 radical (unpaired) electrons. The Bertz CT molecular complexity index is 1830. The monoisotopic (exact) mass is 636 g/mol. The number of ether oxygens (including phenoxy) is 5. The van der Waals surface area contributed by atoms with Gasteiger partial charge in [-0.25, -0.2) is 9.59 Å². The normalized spacial score (nSPS) is 37.3. The largest absolute Gasteiger partial charge is 0.483 e. The third kappa shape index (κ3) is 3.31. The predicted molar refractivity (Wildman–Crippen MR) is 161 cm³/mol. The summed E-state index contributed by atoms with van der Waals surface area (Å²) < 4.78 is 36.8. The van der Waals surface area contributed by atoms with Crippen LogP contribution in [0.15, 0.2) is 27.4 Å². The fraction of sp³-hybridized carbons (Fsp3) is 0.629. The van der Waals surface area contributed by atoms with Crippen LogP contribution in [-0.4, -0.2) is 46.8 Å². The number of hydrogen-bond acceptors (Lipinski definition) is 11. The molecule has 2 aliphatic carbocycles. The lowest BCUT2D eigenvalue weighted by atomic mass is 9.66. The van der Waals surface area contributed by atoms with Crippen LogP contribution in [0.1, 0.15) is 98.5 Å². The zero-order valence-corrected chi connectivity index (χ0v) is 27.7. The zero-order chi connectivity index (χ0) is 33.6. The summed E-state index contributed by atoms with van der Waals surface area (Å²) in [6, 6.07) is 4.52. The van der Waals surface area contributed by atoms with E-state index in [4.69, 9.17) is 28.1 Å². The molecule has 2 aromatic rings. The molecule has 11 heteroatoms. The van der Waals surface area contributed by atoms with Crippen LogP contribution in [0.25, 0.3) is 11.0 Å². The molecule has 4 unspecified atom stereocenters. The van der Waals surface area contributed by atoms with Crippen molar-refractivity contribution in [3.8, 4) is 5.75 Å². The Labute approximate surface area is 266 Å². The molecule has 6 atom stereocenters. The van der Waals surface area contributed by atoms with Crippen molar-refractivity contribution in [1.29, 1.82) is 0 Å². The van der Waals surface area contributed by atoms with Gasteiger partial charge in [0.05, 0.1) is 21.8 Å². The fourth-order valence-corrected chi connectivity index (χ4v) is 8.70. The van der Waals surface area contributed by atoms with E-state index in [1.165, 1.54) is 6.07 Å². The molecule has 1 aromatic heterocycles. The van der Waals surface area contributed by atoms with Gasteiger partial charge in [0.15, 0.2) is 17.6 Å². The number of carbonyl (C=O) groups is 4. The summed E-state index contributed by atoms with van der Waals surface area (Å²) in [6.07, 6.45) is -1.27. The van der Waals surface area contributed by atoms with Gasteiger partial charge in [-0.3, -0.25) is 14.4 Å². The number of esters is 4. The second kappa shape index (κ2) is 8.72. The molecule has 11 nitrogen and oxygen atoms in total. The van der Waals surface area contributed by atoms with E-state index in [-0.39, 0.29) is 40.6 Å². The average molecular weight is 637 g/mol. The number of aryl methyl sites for hydroxylation is 1. The Kier molecular flexibility index (Phi) is 5.83. The number of rotatable bonds is 4. The number of hydrogen-bond donors (Lipinski definition) is 0. The maximum Gasteiger partial charge on any atom is 0.351 e. The Morgan fingerprint density at radius 1 is 0.739 bits per heavy atom. The number of fused-ring (bicyclic) bond motifs is 7. The summed E-state index contributed by atoms with van der Waals surface area (Å²) in [5.41, 5.74) is -8.03. The molecule has 0 amide bonds. The molecule has 2 saturated heterocycles. The molecular weight excluding hydrogens is 596 g/mol. The second-order valence-corrected chi connectivity index (χ2v) is 15.8. The first-order valence-corrected chi connectivity index (χ1v) is 15.8. The van der Waals surface area contributed by atoms with Crippen molar-refractivity contribution in [3.63, 3.8) is 0 Å². The molecule has 1 aromatic carbocycles. The van der Waals surface area contributed by atoms with Crippen molar-refractivity contribution in [2.24, 2.45) is 21.7 Å². The van der Waals surface area contributed by atoms with Crippen LogP contribution in [-0.2, 0) is 38.1 Å². The Hall–Kier alpha value is -3.89. The first-order valence-electron chi connectivity index (χ1n) is 15.8. The topological polar surface area (TPSA) is 145 Å². The molecule has 0 spiro atoms. The highest BCUT2D eigenvalue weighted by atomic mass is 16.7. The molecule has 4 heterocycles. The highest BCUT2D eigenvalue weighted by molar-refractivity contribution is 5.95. The van der Waals surface area contributed by atoms with Crippen molar-refractivity contribution in [2.75, 3.05) is 0 Å². The summed E-state index contributed by atoms with van der Waals surface area (Å²) in [7, 11) is 0. The minimum absolute atomic E-state index is 0.118. The van der Waals surface area contributed by atoms with Gasteiger partial charge in [0.25, 0.3) is 0 Å². The van der Waals surface area contributed by atoms with E-state index in [0.29, 0.717) is 18.6 Å². The first kappa shape index (κ1) is 30.7. The molecule has 7 rings (SSSR count). The fourth-order valence-electron chi connectivity index (χ4n) is 8.70. The lowest BCUT2D eigenvalue weighted by molar-refractivity contribution is -0.217. The van der Waals surface area contributed by atoms with E-state index in [2.05, 4.69) is 0 Å². The standard InChI is InChI=1S/C35H40O11/c1-17-16-19(36)18-10-11-20-21(22(18)41-17)23(42-27(39)34-14-12-32(8,25(37)45-34)30(34,4)5)24(29(2,3)44-20)43-28(40)35-15-13-33(9,26(38)46-35)31(35,6)7/h10-11,16,23-24H,12-15H2,1-9H3/t23-,24-,32?,33?,34?,35?/m1/s1. The zero-order valence-electron chi connectivity index (χ0n) is 27.7.